The predicted octanol–water partition coefficient (Wildman–Crippen LogP) is 1.43. The number of unbranched alkanes of at least 4 members (excludes halogenated alkanes) is 1. The van der Waals surface area contributed by atoms with E-state index in [1.54, 1.807) is 0 Å². The maximum atomic E-state index is 10.9. The number of aryl methyl sites for hydroxylation is 1. The van der Waals surface area contributed by atoms with Gasteiger partial charge in [0.05, 0.1) is 11.9 Å². The van der Waals surface area contributed by atoms with Crippen LogP contribution in [0, 0.1) is 0 Å². The zero-order valence-electron chi connectivity index (χ0n) is 12.0. The molecule has 1 heterocycles. The highest BCUT2D eigenvalue weighted by molar-refractivity contribution is 7.88. The lowest BCUT2D eigenvalue weighted by Crippen LogP contribution is -2.26. The Bertz CT molecular complexity index is 502. The van der Waals surface area contributed by atoms with Gasteiger partial charge in [-0.05, 0) is 19.4 Å². The van der Waals surface area contributed by atoms with Crippen molar-refractivity contribution in [3.63, 3.8) is 0 Å². The summed E-state index contributed by atoms with van der Waals surface area (Å²) in [5.41, 5.74) is 0.883. The van der Waals surface area contributed by atoms with Gasteiger partial charge in [-0.1, -0.05) is 24.9 Å². The van der Waals surface area contributed by atoms with E-state index in [9.17, 15) is 8.42 Å². The van der Waals surface area contributed by atoms with Gasteiger partial charge in [0.25, 0.3) is 0 Å². The highest BCUT2D eigenvalue weighted by Gasteiger charge is 2.07. The van der Waals surface area contributed by atoms with Crippen LogP contribution in [0.2, 0.25) is 5.15 Å². The lowest BCUT2D eigenvalue weighted by atomic mass is 10.2. The average Bonchev–Trinajstić information content (AvgIpc) is 2.70. The molecule has 0 amide bonds. The highest BCUT2D eigenvalue weighted by atomic mass is 35.5. The topological polar surface area (TPSA) is 86.9 Å². The van der Waals surface area contributed by atoms with Crippen LogP contribution < -0.4 is 10.0 Å². The molecule has 1 aromatic heterocycles. The molecule has 1 aromatic rings. The van der Waals surface area contributed by atoms with E-state index in [4.69, 9.17) is 11.6 Å². The van der Waals surface area contributed by atoms with Crippen LogP contribution in [0.15, 0.2) is 0 Å². The maximum Gasteiger partial charge on any atom is 0.208 e. The fourth-order valence-electron chi connectivity index (χ4n) is 1.70. The van der Waals surface area contributed by atoms with Crippen molar-refractivity contribution < 1.29 is 8.42 Å². The van der Waals surface area contributed by atoms with Gasteiger partial charge in [0.1, 0.15) is 5.82 Å². The van der Waals surface area contributed by atoms with E-state index in [2.05, 4.69) is 26.9 Å². The minimum absolute atomic E-state index is 0.435. The van der Waals surface area contributed by atoms with Crippen LogP contribution in [-0.2, 0) is 23.0 Å². The first kappa shape index (κ1) is 17.4. The molecule has 1 rings (SSSR count). The molecular weight excluding hydrogens is 300 g/mol. The first-order chi connectivity index (χ1) is 9.42. The number of hydrogen-bond acceptors (Lipinski definition) is 4. The van der Waals surface area contributed by atoms with Gasteiger partial charge in [-0.15, -0.1) is 0 Å². The van der Waals surface area contributed by atoms with Gasteiger partial charge >= 0.3 is 0 Å². The largest absolute Gasteiger partial charge is 0.344 e. The van der Waals surface area contributed by atoms with Gasteiger partial charge in [-0.25, -0.2) is 18.1 Å². The Hall–Kier alpha value is -0.630. The molecule has 0 saturated heterocycles. The summed E-state index contributed by atoms with van der Waals surface area (Å²) >= 11 is 6.05. The van der Waals surface area contributed by atoms with Gasteiger partial charge in [-0.2, -0.15) is 0 Å². The molecule has 20 heavy (non-hydrogen) atoms. The van der Waals surface area contributed by atoms with E-state index in [0.29, 0.717) is 24.8 Å². The maximum absolute atomic E-state index is 10.9. The van der Waals surface area contributed by atoms with Crippen LogP contribution in [0.1, 0.15) is 37.7 Å². The molecule has 3 N–H and O–H groups in total. The lowest BCUT2D eigenvalue weighted by molar-refractivity contribution is 0.578. The first-order valence-electron chi connectivity index (χ1n) is 6.81. The summed E-state index contributed by atoms with van der Waals surface area (Å²) in [4.78, 5) is 7.49. The zero-order valence-corrected chi connectivity index (χ0v) is 13.6. The minimum Gasteiger partial charge on any atom is -0.344 e. The van der Waals surface area contributed by atoms with Crippen LogP contribution in [0.25, 0.3) is 0 Å². The van der Waals surface area contributed by atoms with Crippen molar-refractivity contribution in [1.82, 2.24) is 20.0 Å². The van der Waals surface area contributed by atoms with Crippen molar-refractivity contribution in [1.29, 1.82) is 0 Å². The summed E-state index contributed by atoms with van der Waals surface area (Å²) in [7, 11) is -3.09. The van der Waals surface area contributed by atoms with E-state index in [-0.39, 0.29) is 0 Å². The number of halogens is 1. The van der Waals surface area contributed by atoms with E-state index in [0.717, 1.165) is 43.5 Å². The third-order valence-electron chi connectivity index (χ3n) is 2.74. The van der Waals surface area contributed by atoms with E-state index in [1.807, 2.05) is 0 Å². The molecule has 8 heteroatoms. The molecule has 116 valence electrons. The molecule has 0 fully saturated rings. The molecule has 0 radical (unpaired) electrons. The number of rotatable bonds is 10. The molecule has 0 saturated carbocycles. The summed E-state index contributed by atoms with van der Waals surface area (Å²) in [6.45, 7) is 3.89. The van der Waals surface area contributed by atoms with E-state index in [1.165, 1.54) is 0 Å². The second kappa shape index (κ2) is 8.61. The van der Waals surface area contributed by atoms with Crippen molar-refractivity contribution in [2.45, 2.75) is 39.2 Å². The van der Waals surface area contributed by atoms with Crippen LogP contribution in [0.5, 0.6) is 0 Å². The second-order valence-electron chi connectivity index (χ2n) is 4.75. The van der Waals surface area contributed by atoms with Crippen LogP contribution in [0.3, 0.4) is 0 Å². The summed E-state index contributed by atoms with van der Waals surface area (Å²) in [5.74, 6) is 0.924. The smallest absolute Gasteiger partial charge is 0.208 e. The quantitative estimate of drug-likeness (QED) is 0.569. The molecule has 0 aliphatic carbocycles. The van der Waals surface area contributed by atoms with Crippen molar-refractivity contribution >= 4 is 21.6 Å². The second-order valence-corrected chi connectivity index (χ2v) is 6.94. The average molecular weight is 323 g/mol. The van der Waals surface area contributed by atoms with Crippen molar-refractivity contribution in [3.05, 3.63) is 16.7 Å². The number of aromatic amines is 1. The molecule has 0 unspecified atom stereocenters. The van der Waals surface area contributed by atoms with Gasteiger partial charge in [0, 0.05) is 19.5 Å². The lowest BCUT2D eigenvalue weighted by Gasteiger charge is -2.04. The number of nitrogens with zero attached hydrogens (tertiary/aromatic N) is 1. The molecule has 0 aliphatic rings. The number of sulfonamides is 1. The molecule has 0 spiro atoms. The van der Waals surface area contributed by atoms with E-state index < -0.39 is 10.0 Å². The molecule has 0 atom stereocenters. The van der Waals surface area contributed by atoms with Crippen LogP contribution in [0.4, 0.5) is 0 Å². The molecule has 0 aromatic carbocycles. The van der Waals surface area contributed by atoms with Gasteiger partial charge in [-0.3, -0.25) is 0 Å². The fourth-order valence-corrected chi connectivity index (χ4v) is 2.43. The summed E-state index contributed by atoms with van der Waals surface area (Å²) in [6, 6.07) is 0. The Morgan fingerprint density at radius 1 is 1.30 bits per heavy atom. The highest BCUT2D eigenvalue weighted by Crippen LogP contribution is 2.13. The Kier molecular flexibility index (Phi) is 7.50. The Morgan fingerprint density at radius 3 is 2.70 bits per heavy atom. The first-order valence-corrected chi connectivity index (χ1v) is 9.08. The number of aromatic nitrogens is 2. The van der Waals surface area contributed by atoms with Crippen LogP contribution >= 0.6 is 11.6 Å². The SMILES string of the molecule is CCCCc1nc(Cl)c(CNCCCNS(C)(=O)=O)[nH]1. The van der Waals surface area contributed by atoms with Crippen molar-refractivity contribution in [2.24, 2.45) is 0 Å². The number of H-pyrrole nitrogens is 1. The van der Waals surface area contributed by atoms with Gasteiger partial charge < -0.3 is 10.3 Å². The molecule has 6 nitrogen and oxygen atoms in total. The third kappa shape index (κ3) is 7.23. The number of nitrogens with one attached hydrogen (secondary N) is 3. The number of hydrogen-bond donors (Lipinski definition) is 3. The van der Waals surface area contributed by atoms with Gasteiger partial charge in [0.15, 0.2) is 5.15 Å². The Labute approximate surface area is 125 Å². The summed E-state index contributed by atoms with van der Waals surface area (Å²) < 4.78 is 24.2. The monoisotopic (exact) mass is 322 g/mol. The Morgan fingerprint density at radius 2 is 2.05 bits per heavy atom. The standard InChI is InChI=1S/C12H23ClN4O2S/c1-3-4-6-11-16-10(12(13)17-11)9-14-7-5-8-15-20(2,18)19/h14-15H,3-9H2,1-2H3,(H,16,17). The Balaban J connectivity index is 2.23. The zero-order chi connectivity index (χ0) is 15.0. The minimum atomic E-state index is -3.09. The fraction of sp³-hybridized carbons (Fsp3) is 0.750. The van der Waals surface area contributed by atoms with Crippen molar-refractivity contribution in [2.75, 3.05) is 19.3 Å². The normalized spacial score (nSPS) is 11.9. The molecular formula is C12H23ClN4O2S. The van der Waals surface area contributed by atoms with Crippen molar-refractivity contribution in [3.8, 4) is 0 Å². The third-order valence-corrected chi connectivity index (χ3v) is 3.78. The number of imidazole rings is 1. The van der Waals surface area contributed by atoms with Gasteiger partial charge in [0.2, 0.25) is 10.0 Å². The molecule has 0 aliphatic heterocycles. The summed E-state index contributed by atoms with van der Waals surface area (Å²) in [5, 5.41) is 3.72. The summed E-state index contributed by atoms with van der Waals surface area (Å²) in [6.07, 6.45) is 5.01. The van der Waals surface area contributed by atoms with E-state index >= 15 is 0 Å². The predicted molar refractivity (Wildman–Crippen MR) is 81.4 cm³/mol. The van der Waals surface area contributed by atoms with Crippen LogP contribution in [-0.4, -0.2) is 37.7 Å². The molecule has 0 bridgehead atoms.